The first-order chi connectivity index (χ1) is 9.88. The molecule has 0 radical (unpaired) electrons. The first-order valence-electron chi connectivity index (χ1n) is 9.23. The average Bonchev–Trinajstić information content (AvgIpc) is 2.45. The van der Waals surface area contributed by atoms with Crippen LogP contribution in [0, 0.1) is 0 Å². The summed E-state index contributed by atoms with van der Waals surface area (Å²) in [5, 5.41) is 4.72. The summed E-state index contributed by atoms with van der Waals surface area (Å²) in [5.41, 5.74) is 0. The van der Waals surface area contributed by atoms with E-state index in [2.05, 4.69) is 30.9 Å². The van der Waals surface area contributed by atoms with E-state index >= 15 is 0 Å². The van der Waals surface area contributed by atoms with Crippen molar-refractivity contribution in [2.24, 2.45) is 0 Å². The van der Waals surface area contributed by atoms with Crippen molar-refractivity contribution in [2.45, 2.75) is 102 Å². The molecule has 0 spiro atoms. The Labute approximate surface area is 132 Å². The molecule has 120 valence electrons. The summed E-state index contributed by atoms with van der Waals surface area (Å²) >= 11 is 2.24. The van der Waals surface area contributed by atoms with Crippen LogP contribution in [0.2, 0.25) is 0 Å². The third kappa shape index (κ3) is 8.56. The molecule has 0 heterocycles. The monoisotopic (exact) mass is 299 g/mol. The predicted molar refractivity (Wildman–Crippen MR) is 94.8 cm³/mol. The third-order valence-electron chi connectivity index (χ3n) is 4.40. The van der Waals surface area contributed by atoms with Crippen LogP contribution in [0.15, 0.2) is 0 Å². The Balaban J connectivity index is 2.50. The van der Waals surface area contributed by atoms with E-state index in [4.69, 9.17) is 0 Å². The van der Waals surface area contributed by atoms with Crippen molar-refractivity contribution < 1.29 is 0 Å². The molecule has 1 saturated carbocycles. The number of nitrogens with one attached hydrogen (secondary N) is 1. The Morgan fingerprint density at radius 3 is 2.00 bits per heavy atom. The van der Waals surface area contributed by atoms with E-state index in [1.165, 1.54) is 89.3 Å². The molecular formula is C18H37NS. The number of hydrogen-bond acceptors (Lipinski definition) is 2. The predicted octanol–water partition coefficient (Wildman–Crippen LogP) is 5.78. The summed E-state index contributed by atoms with van der Waals surface area (Å²) in [4.78, 5) is 0. The molecule has 1 aliphatic rings. The van der Waals surface area contributed by atoms with Gasteiger partial charge in [0.25, 0.3) is 0 Å². The van der Waals surface area contributed by atoms with Gasteiger partial charge in [-0.1, -0.05) is 65.2 Å². The average molecular weight is 300 g/mol. The quantitative estimate of drug-likeness (QED) is 0.667. The lowest BCUT2D eigenvalue weighted by Crippen LogP contribution is -2.39. The van der Waals surface area contributed by atoms with Gasteiger partial charge in [0.05, 0.1) is 0 Å². The van der Waals surface area contributed by atoms with Gasteiger partial charge in [-0.2, -0.15) is 11.8 Å². The topological polar surface area (TPSA) is 12.0 Å². The fourth-order valence-corrected chi connectivity index (χ4v) is 4.53. The summed E-state index contributed by atoms with van der Waals surface area (Å²) in [5.74, 6) is 1.34. The van der Waals surface area contributed by atoms with Gasteiger partial charge in [-0.15, -0.1) is 0 Å². The maximum absolute atomic E-state index is 3.86. The molecular weight excluding hydrogens is 262 g/mol. The highest BCUT2D eigenvalue weighted by Crippen LogP contribution is 2.26. The summed E-state index contributed by atoms with van der Waals surface area (Å²) in [6, 6.07) is 0.769. The molecule has 0 aromatic rings. The Hall–Kier alpha value is 0.310. The van der Waals surface area contributed by atoms with E-state index < -0.39 is 0 Å². The zero-order chi connectivity index (χ0) is 14.5. The molecule has 0 aromatic carbocycles. The summed E-state index contributed by atoms with van der Waals surface area (Å²) in [6.07, 6.45) is 17.1. The van der Waals surface area contributed by atoms with Gasteiger partial charge in [0.1, 0.15) is 0 Å². The van der Waals surface area contributed by atoms with Crippen molar-refractivity contribution in [2.75, 3.05) is 12.3 Å². The molecule has 1 aliphatic carbocycles. The molecule has 1 N–H and O–H groups in total. The van der Waals surface area contributed by atoms with Gasteiger partial charge in [-0.3, -0.25) is 0 Å². The van der Waals surface area contributed by atoms with Gasteiger partial charge < -0.3 is 5.32 Å². The summed E-state index contributed by atoms with van der Waals surface area (Å²) in [6.45, 7) is 5.81. The van der Waals surface area contributed by atoms with Crippen molar-refractivity contribution in [3.63, 3.8) is 0 Å². The number of thioether (sulfide) groups is 1. The first kappa shape index (κ1) is 18.4. The van der Waals surface area contributed by atoms with Gasteiger partial charge in [0.15, 0.2) is 0 Å². The summed E-state index contributed by atoms with van der Waals surface area (Å²) in [7, 11) is 0. The lowest BCUT2D eigenvalue weighted by molar-refractivity contribution is 0.413. The fraction of sp³-hybridized carbons (Fsp3) is 1.00. The highest BCUT2D eigenvalue weighted by molar-refractivity contribution is 7.99. The maximum Gasteiger partial charge on any atom is 0.0201 e. The van der Waals surface area contributed by atoms with Crippen LogP contribution in [0.3, 0.4) is 0 Å². The van der Waals surface area contributed by atoms with Crippen molar-refractivity contribution in [1.29, 1.82) is 0 Å². The lowest BCUT2D eigenvalue weighted by Gasteiger charge is -2.28. The molecule has 2 unspecified atom stereocenters. The molecule has 1 rings (SSSR count). The zero-order valence-electron chi connectivity index (χ0n) is 14.0. The second-order valence-corrected chi connectivity index (χ2v) is 7.72. The molecule has 1 fully saturated rings. The SMILES string of the molecule is CCCNC1CCCCCCCCCCC1SCCC. The van der Waals surface area contributed by atoms with Crippen LogP contribution < -0.4 is 5.32 Å². The normalized spacial score (nSPS) is 26.7. The molecule has 2 atom stereocenters. The fourth-order valence-electron chi connectivity index (χ4n) is 3.19. The Morgan fingerprint density at radius 2 is 1.40 bits per heavy atom. The van der Waals surface area contributed by atoms with Crippen LogP contribution in [0.4, 0.5) is 0 Å². The highest BCUT2D eigenvalue weighted by atomic mass is 32.2. The molecule has 1 nitrogen and oxygen atoms in total. The van der Waals surface area contributed by atoms with Crippen LogP contribution in [-0.4, -0.2) is 23.6 Å². The molecule has 0 bridgehead atoms. The lowest BCUT2D eigenvalue weighted by atomic mass is 9.97. The van der Waals surface area contributed by atoms with E-state index in [-0.39, 0.29) is 0 Å². The minimum atomic E-state index is 0.769. The Morgan fingerprint density at radius 1 is 0.800 bits per heavy atom. The van der Waals surface area contributed by atoms with Crippen LogP contribution in [0.5, 0.6) is 0 Å². The van der Waals surface area contributed by atoms with Gasteiger partial charge in [-0.05, 0) is 38.0 Å². The number of rotatable bonds is 6. The summed E-state index contributed by atoms with van der Waals surface area (Å²) < 4.78 is 0. The zero-order valence-corrected chi connectivity index (χ0v) is 14.8. The Kier molecular flexibility index (Phi) is 11.9. The second kappa shape index (κ2) is 13.0. The second-order valence-electron chi connectivity index (χ2n) is 6.38. The Bertz CT molecular complexity index is 186. The molecule has 0 saturated heterocycles. The highest BCUT2D eigenvalue weighted by Gasteiger charge is 2.20. The van der Waals surface area contributed by atoms with Crippen molar-refractivity contribution in [1.82, 2.24) is 5.32 Å². The molecule has 0 amide bonds. The standard InChI is InChI=1S/C18H37NS/c1-3-15-19-17-13-11-9-7-5-6-8-10-12-14-18(17)20-16-4-2/h17-19H,3-16H2,1-2H3. The number of hydrogen-bond donors (Lipinski definition) is 1. The van der Waals surface area contributed by atoms with Crippen LogP contribution in [0.1, 0.15) is 90.9 Å². The van der Waals surface area contributed by atoms with Gasteiger partial charge in [-0.25, -0.2) is 0 Å². The van der Waals surface area contributed by atoms with E-state index in [0.29, 0.717) is 0 Å². The van der Waals surface area contributed by atoms with Crippen molar-refractivity contribution >= 4 is 11.8 Å². The molecule has 2 heteroatoms. The van der Waals surface area contributed by atoms with Gasteiger partial charge in [0, 0.05) is 11.3 Å². The van der Waals surface area contributed by atoms with Gasteiger partial charge in [0.2, 0.25) is 0 Å². The minimum Gasteiger partial charge on any atom is -0.313 e. The first-order valence-corrected chi connectivity index (χ1v) is 10.3. The van der Waals surface area contributed by atoms with E-state index in [1.54, 1.807) is 0 Å². The van der Waals surface area contributed by atoms with Crippen LogP contribution in [0.25, 0.3) is 0 Å². The molecule has 0 aliphatic heterocycles. The maximum atomic E-state index is 3.86. The molecule has 0 aromatic heterocycles. The van der Waals surface area contributed by atoms with Crippen molar-refractivity contribution in [3.8, 4) is 0 Å². The van der Waals surface area contributed by atoms with E-state index in [9.17, 15) is 0 Å². The third-order valence-corrected chi connectivity index (χ3v) is 6.03. The van der Waals surface area contributed by atoms with Crippen molar-refractivity contribution in [3.05, 3.63) is 0 Å². The van der Waals surface area contributed by atoms with E-state index in [0.717, 1.165) is 11.3 Å². The largest absolute Gasteiger partial charge is 0.313 e. The van der Waals surface area contributed by atoms with Crippen LogP contribution >= 0.6 is 11.8 Å². The van der Waals surface area contributed by atoms with Crippen LogP contribution in [-0.2, 0) is 0 Å². The smallest absolute Gasteiger partial charge is 0.0201 e. The van der Waals surface area contributed by atoms with Gasteiger partial charge >= 0.3 is 0 Å². The molecule has 20 heavy (non-hydrogen) atoms. The van der Waals surface area contributed by atoms with E-state index in [1.807, 2.05) is 0 Å². The minimum absolute atomic E-state index is 0.769.